The normalized spacial score (nSPS) is 14.3. The third-order valence-corrected chi connectivity index (χ3v) is 4.53. The Morgan fingerprint density at radius 1 is 1.52 bits per heavy atom. The summed E-state index contributed by atoms with van der Waals surface area (Å²) in [5, 5.41) is 9.33. The summed E-state index contributed by atoms with van der Waals surface area (Å²) in [6.45, 7) is 4.48. The second-order valence-corrected chi connectivity index (χ2v) is 6.17. The zero-order chi connectivity index (χ0) is 14.8. The number of carbonyl (C=O) groups excluding carboxylic acids is 1. The van der Waals surface area contributed by atoms with E-state index >= 15 is 0 Å². The number of Topliss-reactive ketones (excluding diaryl/α,β-unsaturated/α-hetero) is 1. The first kappa shape index (κ1) is 14.1. The van der Waals surface area contributed by atoms with E-state index in [-0.39, 0.29) is 5.78 Å². The summed E-state index contributed by atoms with van der Waals surface area (Å²) in [6, 6.07) is 3.72. The molecule has 2 heterocycles. The molecule has 0 aromatic carbocycles. The highest BCUT2D eigenvalue weighted by molar-refractivity contribution is 7.99. The standard InChI is InChI=1S/C15H18N4OS/c1-3-8-19-14(11-6-7-11)16-17-15(19)21-10-13(20)12-5-4-9-18(12)2/h3-5,9,11H,1,6-8,10H2,2H3. The molecule has 1 aliphatic carbocycles. The van der Waals surface area contributed by atoms with Crippen molar-refractivity contribution in [3.63, 3.8) is 0 Å². The predicted octanol–water partition coefficient (Wildman–Crippen LogP) is 2.66. The Labute approximate surface area is 128 Å². The molecule has 21 heavy (non-hydrogen) atoms. The molecule has 0 bridgehead atoms. The fourth-order valence-electron chi connectivity index (χ4n) is 2.31. The van der Waals surface area contributed by atoms with Crippen LogP contribution in [-0.4, -0.2) is 30.9 Å². The number of aryl methyl sites for hydroxylation is 1. The van der Waals surface area contributed by atoms with Crippen LogP contribution in [0, 0.1) is 0 Å². The van der Waals surface area contributed by atoms with Gasteiger partial charge in [0.2, 0.25) is 0 Å². The molecule has 0 radical (unpaired) electrons. The maximum Gasteiger partial charge on any atom is 0.191 e. The topological polar surface area (TPSA) is 52.7 Å². The molecular formula is C15H18N4OS. The lowest BCUT2D eigenvalue weighted by Crippen LogP contribution is -2.09. The Kier molecular flexibility index (Phi) is 3.96. The summed E-state index contributed by atoms with van der Waals surface area (Å²) < 4.78 is 3.92. The molecule has 110 valence electrons. The minimum Gasteiger partial charge on any atom is -0.348 e. The average Bonchev–Trinajstić information content (AvgIpc) is 3.10. The van der Waals surface area contributed by atoms with Gasteiger partial charge in [-0.25, -0.2) is 0 Å². The highest BCUT2D eigenvalue weighted by Crippen LogP contribution is 2.40. The van der Waals surface area contributed by atoms with E-state index in [1.807, 2.05) is 36.0 Å². The molecule has 5 nitrogen and oxygen atoms in total. The molecule has 2 aromatic rings. The van der Waals surface area contributed by atoms with Crippen LogP contribution in [0.4, 0.5) is 0 Å². The van der Waals surface area contributed by atoms with Crippen LogP contribution in [0.15, 0.2) is 36.1 Å². The van der Waals surface area contributed by atoms with E-state index in [4.69, 9.17) is 0 Å². The van der Waals surface area contributed by atoms with Crippen molar-refractivity contribution >= 4 is 17.5 Å². The lowest BCUT2D eigenvalue weighted by molar-refractivity contribution is 0.101. The number of ketones is 1. The first-order chi connectivity index (χ1) is 10.2. The van der Waals surface area contributed by atoms with Crippen molar-refractivity contribution in [2.24, 2.45) is 7.05 Å². The summed E-state index contributed by atoms with van der Waals surface area (Å²) in [5.74, 6) is 2.05. The number of aromatic nitrogens is 4. The largest absolute Gasteiger partial charge is 0.348 e. The van der Waals surface area contributed by atoms with Gasteiger partial charge in [-0.05, 0) is 25.0 Å². The third kappa shape index (κ3) is 2.95. The van der Waals surface area contributed by atoms with Gasteiger partial charge in [-0.3, -0.25) is 4.79 Å². The van der Waals surface area contributed by atoms with E-state index in [1.54, 1.807) is 0 Å². The Morgan fingerprint density at radius 2 is 2.33 bits per heavy atom. The van der Waals surface area contributed by atoms with Gasteiger partial charge in [0.05, 0.1) is 11.4 Å². The van der Waals surface area contributed by atoms with Crippen LogP contribution in [0.1, 0.15) is 35.1 Å². The van der Waals surface area contributed by atoms with Gasteiger partial charge in [-0.15, -0.1) is 16.8 Å². The van der Waals surface area contributed by atoms with Gasteiger partial charge in [0.1, 0.15) is 5.82 Å². The smallest absolute Gasteiger partial charge is 0.191 e. The first-order valence-electron chi connectivity index (χ1n) is 7.02. The number of allylic oxidation sites excluding steroid dienone is 1. The fraction of sp³-hybridized carbons (Fsp3) is 0.400. The van der Waals surface area contributed by atoms with Crippen LogP contribution in [0.25, 0.3) is 0 Å². The van der Waals surface area contributed by atoms with Gasteiger partial charge < -0.3 is 9.13 Å². The summed E-state index contributed by atoms with van der Waals surface area (Å²) in [4.78, 5) is 12.2. The molecular weight excluding hydrogens is 284 g/mol. The quantitative estimate of drug-likeness (QED) is 0.448. The molecule has 0 aliphatic heterocycles. The Balaban J connectivity index is 1.71. The molecule has 6 heteroatoms. The number of rotatable bonds is 7. The maximum atomic E-state index is 12.2. The zero-order valence-electron chi connectivity index (χ0n) is 12.0. The van der Waals surface area contributed by atoms with Gasteiger partial charge in [-0.1, -0.05) is 17.8 Å². The van der Waals surface area contributed by atoms with E-state index in [2.05, 4.69) is 21.3 Å². The Hall–Kier alpha value is -1.82. The Bertz CT molecular complexity index is 669. The number of hydrogen-bond acceptors (Lipinski definition) is 4. The molecule has 0 spiro atoms. The van der Waals surface area contributed by atoms with Crippen molar-refractivity contribution in [1.82, 2.24) is 19.3 Å². The molecule has 0 unspecified atom stereocenters. The molecule has 0 atom stereocenters. The fourth-order valence-corrected chi connectivity index (χ4v) is 3.14. The number of thioether (sulfide) groups is 1. The van der Waals surface area contributed by atoms with Gasteiger partial charge in [0.15, 0.2) is 10.9 Å². The summed E-state index contributed by atoms with van der Waals surface area (Å²) in [6.07, 6.45) is 6.09. The van der Waals surface area contributed by atoms with E-state index in [0.29, 0.717) is 18.2 Å². The molecule has 1 fully saturated rings. The van der Waals surface area contributed by atoms with Crippen molar-refractivity contribution in [2.75, 3.05) is 5.75 Å². The SMILES string of the molecule is C=CCn1c(SCC(=O)c2cccn2C)nnc1C1CC1. The van der Waals surface area contributed by atoms with Gasteiger partial charge in [0.25, 0.3) is 0 Å². The number of nitrogens with zero attached hydrogens (tertiary/aromatic N) is 4. The predicted molar refractivity (Wildman–Crippen MR) is 82.7 cm³/mol. The number of hydrogen-bond donors (Lipinski definition) is 0. The van der Waals surface area contributed by atoms with Crippen LogP contribution in [0.3, 0.4) is 0 Å². The van der Waals surface area contributed by atoms with Crippen molar-refractivity contribution in [3.05, 3.63) is 42.5 Å². The van der Waals surface area contributed by atoms with Crippen LogP contribution in [-0.2, 0) is 13.6 Å². The van der Waals surface area contributed by atoms with E-state index in [0.717, 1.165) is 16.7 Å². The Morgan fingerprint density at radius 3 is 2.95 bits per heavy atom. The first-order valence-corrected chi connectivity index (χ1v) is 8.00. The molecule has 1 aliphatic rings. The maximum absolute atomic E-state index is 12.2. The second kappa shape index (κ2) is 5.89. The molecule has 3 rings (SSSR count). The molecule has 0 amide bonds. The van der Waals surface area contributed by atoms with Crippen LogP contribution >= 0.6 is 11.8 Å². The van der Waals surface area contributed by atoms with Gasteiger partial charge in [0, 0.05) is 25.7 Å². The monoisotopic (exact) mass is 302 g/mol. The minimum atomic E-state index is 0.105. The van der Waals surface area contributed by atoms with E-state index in [9.17, 15) is 4.79 Å². The summed E-state index contributed by atoms with van der Waals surface area (Å²) in [5.41, 5.74) is 0.722. The average molecular weight is 302 g/mol. The van der Waals surface area contributed by atoms with Crippen molar-refractivity contribution in [1.29, 1.82) is 0 Å². The van der Waals surface area contributed by atoms with Crippen molar-refractivity contribution in [3.8, 4) is 0 Å². The van der Waals surface area contributed by atoms with Crippen molar-refractivity contribution in [2.45, 2.75) is 30.5 Å². The van der Waals surface area contributed by atoms with Crippen molar-refractivity contribution < 1.29 is 4.79 Å². The van der Waals surface area contributed by atoms with E-state index < -0.39 is 0 Å². The molecule has 0 N–H and O–H groups in total. The van der Waals surface area contributed by atoms with Gasteiger partial charge in [-0.2, -0.15) is 0 Å². The van der Waals surface area contributed by atoms with Crippen LogP contribution < -0.4 is 0 Å². The molecule has 0 saturated heterocycles. The van der Waals surface area contributed by atoms with E-state index in [1.165, 1.54) is 24.6 Å². The summed E-state index contributed by atoms with van der Waals surface area (Å²) in [7, 11) is 1.88. The second-order valence-electron chi connectivity index (χ2n) is 5.23. The lowest BCUT2D eigenvalue weighted by atomic mass is 10.3. The minimum absolute atomic E-state index is 0.105. The highest BCUT2D eigenvalue weighted by Gasteiger charge is 2.30. The summed E-state index contributed by atoms with van der Waals surface area (Å²) >= 11 is 1.45. The van der Waals surface area contributed by atoms with Crippen LogP contribution in [0.2, 0.25) is 0 Å². The zero-order valence-corrected chi connectivity index (χ0v) is 12.8. The molecule has 1 saturated carbocycles. The lowest BCUT2D eigenvalue weighted by Gasteiger charge is -2.07. The molecule has 2 aromatic heterocycles. The number of carbonyl (C=O) groups is 1. The van der Waals surface area contributed by atoms with Gasteiger partial charge >= 0.3 is 0 Å². The highest BCUT2D eigenvalue weighted by atomic mass is 32.2. The third-order valence-electron chi connectivity index (χ3n) is 3.56. The van der Waals surface area contributed by atoms with Crippen LogP contribution in [0.5, 0.6) is 0 Å².